The number of nitrogens with two attached hydrogens (primary N) is 2. The molecular weight excluding hydrogens is 801 g/mol. The first kappa shape index (κ1) is 46.3. The second kappa shape index (κ2) is 22.2. The van der Waals surface area contributed by atoms with Crippen LogP contribution in [0.5, 0.6) is 12.0 Å². The van der Waals surface area contributed by atoms with Gasteiger partial charge >= 0.3 is 18.1 Å². The van der Waals surface area contributed by atoms with Crippen molar-refractivity contribution in [1.29, 1.82) is 0 Å². The van der Waals surface area contributed by atoms with Crippen molar-refractivity contribution in [2.75, 3.05) is 24.2 Å². The van der Waals surface area contributed by atoms with E-state index in [1.165, 1.54) is 4.57 Å². The number of hydrogen-bond acceptors (Lipinski definition) is 13. The van der Waals surface area contributed by atoms with Crippen molar-refractivity contribution < 1.29 is 38.6 Å². The van der Waals surface area contributed by atoms with Crippen LogP contribution in [-0.2, 0) is 38.8 Å². The van der Waals surface area contributed by atoms with E-state index in [0.717, 1.165) is 37.7 Å². The number of carbonyl (C=O) groups is 5. The highest BCUT2D eigenvalue weighted by atomic mass is 16.6. The molecule has 20 nitrogen and oxygen atoms in total. The number of nitrogen functional groups attached to an aromatic ring is 1. The van der Waals surface area contributed by atoms with Gasteiger partial charge in [0, 0.05) is 30.9 Å². The number of amides is 6. The molecule has 0 saturated heterocycles. The second-order valence-corrected chi connectivity index (χ2v) is 15.5. The van der Waals surface area contributed by atoms with Crippen molar-refractivity contribution in [1.82, 2.24) is 45.4 Å². The molecule has 1 aliphatic rings. The Bertz CT molecular complexity index is 2160. The highest BCUT2D eigenvalue weighted by Crippen LogP contribution is 2.28. The molecule has 0 spiro atoms. The Morgan fingerprint density at radius 2 is 1.71 bits per heavy atom. The van der Waals surface area contributed by atoms with Gasteiger partial charge in [0.1, 0.15) is 18.7 Å². The van der Waals surface area contributed by atoms with Crippen LogP contribution < -0.4 is 37.5 Å². The van der Waals surface area contributed by atoms with Gasteiger partial charge in [0.15, 0.2) is 17.0 Å². The average Bonchev–Trinajstić information content (AvgIpc) is 3.54. The van der Waals surface area contributed by atoms with Crippen molar-refractivity contribution in [2.24, 2.45) is 11.7 Å². The predicted molar refractivity (Wildman–Crippen MR) is 229 cm³/mol. The number of urea groups is 1. The Morgan fingerprint density at radius 3 is 2.34 bits per heavy atom. The molecular formula is C42H58N12O8. The number of carbonyl (C=O) groups excluding carboxylic acids is 5. The van der Waals surface area contributed by atoms with Crippen molar-refractivity contribution >= 4 is 52.5 Å². The minimum atomic E-state index is -0.981. The number of rotatable bonds is 22. The van der Waals surface area contributed by atoms with Gasteiger partial charge < -0.3 is 52.2 Å². The van der Waals surface area contributed by atoms with Gasteiger partial charge in [0.25, 0.3) is 6.01 Å². The van der Waals surface area contributed by atoms with Gasteiger partial charge in [-0.05, 0) is 73.8 Å². The zero-order valence-electron chi connectivity index (χ0n) is 35.7. The minimum absolute atomic E-state index is 0.0130. The van der Waals surface area contributed by atoms with Gasteiger partial charge in [-0.1, -0.05) is 52.3 Å². The number of nitrogens with one attached hydrogen (secondary N) is 4. The number of benzene rings is 1. The molecule has 1 saturated carbocycles. The van der Waals surface area contributed by atoms with Crippen LogP contribution in [0.4, 0.5) is 21.1 Å². The summed E-state index contributed by atoms with van der Waals surface area (Å²) in [5, 5.41) is 21.4. The van der Waals surface area contributed by atoms with E-state index in [9.17, 15) is 29.1 Å². The Hall–Kier alpha value is -6.73. The number of unbranched alkanes of at least 4 members (excludes halogenated alkanes) is 1. The molecule has 334 valence electrons. The number of hydrogen-bond donors (Lipinski definition) is 7. The maximum absolute atomic E-state index is 13.5. The van der Waals surface area contributed by atoms with E-state index >= 15 is 0 Å². The van der Waals surface area contributed by atoms with Gasteiger partial charge in [-0.3, -0.25) is 23.9 Å². The van der Waals surface area contributed by atoms with E-state index in [2.05, 4.69) is 41.2 Å². The number of primary amides is 1. The fraction of sp³-hybridized carbons (Fsp3) is 0.500. The number of aromatic hydroxyl groups is 1. The summed E-state index contributed by atoms with van der Waals surface area (Å²) in [5.74, 6) is -1.43. The van der Waals surface area contributed by atoms with Gasteiger partial charge in [-0.2, -0.15) is 15.0 Å². The highest BCUT2D eigenvalue weighted by molar-refractivity contribution is 5.98. The van der Waals surface area contributed by atoms with Gasteiger partial charge in [-0.25, -0.2) is 9.59 Å². The van der Waals surface area contributed by atoms with Gasteiger partial charge in [0.2, 0.25) is 17.7 Å². The maximum Gasteiger partial charge on any atom is 0.410 e. The fourth-order valence-corrected chi connectivity index (χ4v) is 6.55. The van der Waals surface area contributed by atoms with Crippen molar-refractivity contribution in [3.8, 4) is 12.0 Å². The van der Waals surface area contributed by atoms with E-state index in [1.807, 2.05) is 13.0 Å². The lowest BCUT2D eigenvalue weighted by Crippen LogP contribution is -2.54. The SMILES string of the molecule is CCCCOc1nc(N)c2nc(O)n(Cc3ccc(CN(C(=O)OCc4ccc(NC(=O)[C@H](CCCNC(N)=O)NC(=O)C(NC(=O)CC)C(C)C)cc4)C4CCC4)cn3)c2n1. The molecule has 0 radical (unpaired) electrons. The van der Waals surface area contributed by atoms with E-state index in [0.29, 0.717) is 35.6 Å². The van der Waals surface area contributed by atoms with E-state index in [1.54, 1.807) is 62.2 Å². The minimum Gasteiger partial charge on any atom is -0.480 e. The third-order valence-electron chi connectivity index (χ3n) is 10.4. The highest BCUT2D eigenvalue weighted by Gasteiger charge is 2.31. The van der Waals surface area contributed by atoms with Crippen molar-refractivity contribution in [3.05, 3.63) is 59.4 Å². The van der Waals surface area contributed by atoms with Crippen molar-refractivity contribution in [3.63, 3.8) is 0 Å². The standard InChI is InChI=1S/C42H58N12O8/c1-5-7-20-61-40-51-35(43)34-36(52-40)54(41(59)50-34)23-29-18-15-27(21-46-29)22-53(30-10-8-11-30)42(60)62-24-26-13-16-28(17-14-26)47-37(56)31(12-9-19-45-39(44)58)48-38(57)33(25(3)4)49-32(55)6-2/h13-18,21,25,30-31,33H,5-12,19-20,22-24H2,1-4H3,(H,47,56)(H,48,57)(H,49,55)(H,50,59)(H2,43,51,52)(H3,44,45,58)/t31-,33?/m0/s1. The third kappa shape index (κ3) is 12.9. The molecule has 3 aromatic heterocycles. The third-order valence-corrected chi connectivity index (χ3v) is 10.4. The molecule has 6 amide bonds. The first-order chi connectivity index (χ1) is 29.8. The lowest BCUT2D eigenvalue weighted by molar-refractivity contribution is -0.132. The molecule has 1 fully saturated rings. The molecule has 0 bridgehead atoms. The molecule has 4 aromatic rings. The molecule has 1 unspecified atom stereocenters. The summed E-state index contributed by atoms with van der Waals surface area (Å²) in [4.78, 5) is 82.4. The molecule has 1 aromatic carbocycles. The van der Waals surface area contributed by atoms with E-state index in [4.69, 9.17) is 20.9 Å². The average molecular weight is 859 g/mol. The van der Waals surface area contributed by atoms with Crippen LogP contribution in [0.3, 0.4) is 0 Å². The summed E-state index contributed by atoms with van der Waals surface area (Å²) < 4.78 is 12.9. The van der Waals surface area contributed by atoms with Crippen LogP contribution in [0.25, 0.3) is 11.2 Å². The Kier molecular flexibility index (Phi) is 16.6. The molecule has 0 aliphatic heterocycles. The smallest absolute Gasteiger partial charge is 0.410 e. The topological polar surface area (TPSA) is 284 Å². The first-order valence-corrected chi connectivity index (χ1v) is 21.0. The monoisotopic (exact) mass is 858 g/mol. The lowest BCUT2D eigenvalue weighted by Gasteiger charge is -2.36. The van der Waals surface area contributed by atoms with Crippen LogP contribution in [0.1, 0.15) is 95.9 Å². The van der Waals surface area contributed by atoms with E-state index in [-0.39, 0.29) is 80.3 Å². The largest absolute Gasteiger partial charge is 0.480 e. The number of anilines is 2. The predicted octanol–water partition coefficient (Wildman–Crippen LogP) is 3.85. The summed E-state index contributed by atoms with van der Waals surface area (Å²) in [6.45, 7) is 8.36. The number of ether oxygens (including phenoxy) is 2. The zero-order valence-corrected chi connectivity index (χ0v) is 35.7. The summed E-state index contributed by atoms with van der Waals surface area (Å²) in [6.07, 6.45) is 6.42. The summed E-state index contributed by atoms with van der Waals surface area (Å²) in [7, 11) is 0. The van der Waals surface area contributed by atoms with Crippen LogP contribution in [0.15, 0.2) is 42.6 Å². The van der Waals surface area contributed by atoms with Crippen LogP contribution in [-0.4, -0.2) is 95.6 Å². The van der Waals surface area contributed by atoms with Crippen LogP contribution in [0.2, 0.25) is 0 Å². The normalized spacial score (nSPS) is 13.4. The molecule has 1 aliphatic carbocycles. The van der Waals surface area contributed by atoms with Crippen LogP contribution >= 0.6 is 0 Å². The van der Waals surface area contributed by atoms with Crippen LogP contribution in [0, 0.1) is 5.92 Å². The number of fused-ring (bicyclic) bond motifs is 1. The fourth-order valence-electron chi connectivity index (χ4n) is 6.55. The summed E-state index contributed by atoms with van der Waals surface area (Å²) >= 11 is 0. The molecule has 20 heteroatoms. The van der Waals surface area contributed by atoms with E-state index < -0.39 is 36.0 Å². The molecule has 5 rings (SSSR count). The number of nitrogens with zero attached hydrogens (tertiary/aromatic N) is 6. The number of imidazole rings is 1. The number of pyridine rings is 1. The Labute approximate surface area is 359 Å². The second-order valence-electron chi connectivity index (χ2n) is 15.5. The quantitative estimate of drug-likeness (QED) is 0.0554. The Morgan fingerprint density at radius 1 is 0.968 bits per heavy atom. The first-order valence-electron chi connectivity index (χ1n) is 21.0. The number of aromatic nitrogens is 5. The summed E-state index contributed by atoms with van der Waals surface area (Å²) in [5.41, 5.74) is 14.4. The molecule has 3 heterocycles. The van der Waals surface area contributed by atoms with Crippen molar-refractivity contribution in [2.45, 2.75) is 117 Å². The molecule has 62 heavy (non-hydrogen) atoms. The molecule has 9 N–H and O–H groups in total. The maximum atomic E-state index is 13.5. The molecule has 2 atom stereocenters. The van der Waals surface area contributed by atoms with Gasteiger partial charge in [0.05, 0.1) is 25.4 Å². The summed E-state index contributed by atoms with van der Waals surface area (Å²) in [6, 6.07) is 7.76. The lowest BCUT2D eigenvalue weighted by atomic mass is 9.91. The van der Waals surface area contributed by atoms with Gasteiger partial charge in [-0.15, -0.1) is 0 Å². The Balaban J connectivity index is 1.17. The zero-order chi connectivity index (χ0) is 44.8.